The van der Waals surface area contributed by atoms with Crippen molar-refractivity contribution in [3.63, 3.8) is 0 Å². The maximum absolute atomic E-state index is 10.1. The second kappa shape index (κ2) is 8.68. The Labute approximate surface area is 165 Å². The van der Waals surface area contributed by atoms with E-state index < -0.39 is 37.3 Å². The van der Waals surface area contributed by atoms with E-state index in [0.717, 1.165) is 0 Å². The van der Waals surface area contributed by atoms with Gasteiger partial charge in [-0.05, 0) is 29.8 Å². The number of aromatic hydroxyl groups is 3. The van der Waals surface area contributed by atoms with E-state index in [1.54, 1.807) is 12.2 Å². The summed E-state index contributed by atoms with van der Waals surface area (Å²) < 4.78 is 10.8. The minimum absolute atomic E-state index is 0.0766. The molecule has 0 aromatic heterocycles. The molecule has 1 aliphatic heterocycles. The van der Waals surface area contributed by atoms with Crippen molar-refractivity contribution in [3.05, 3.63) is 47.5 Å². The van der Waals surface area contributed by atoms with Gasteiger partial charge >= 0.3 is 0 Å². The lowest BCUT2D eigenvalue weighted by Gasteiger charge is -2.39. The number of rotatable bonds is 5. The number of aliphatic hydroxyl groups excluding tert-OH is 4. The Hall–Kier alpha value is -2.82. The molecule has 0 radical (unpaired) electrons. The summed E-state index contributed by atoms with van der Waals surface area (Å²) in [5.41, 5.74) is 0.916. The molecular formula is C20H22O9. The Morgan fingerprint density at radius 2 is 1.62 bits per heavy atom. The van der Waals surface area contributed by atoms with Crippen molar-refractivity contribution in [1.82, 2.24) is 0 Å². The minimum Gasteiger partial charge on any atom is -0.508 e. The highest BCUT2D eigenvalue weighted by Gasteiger charge is 2.44. The van der Waals surface area contributed by atoms with Gasteiger partial charge in [-0.1, -0.05) is 12.2 Å². The van der Waals surface area contributed by atoms with Crippen LogP contribution in [0.1, 0.15) is 11.1 Å². The van der Waals surface area contributed by atoms with Crippen molar-refractivity contribution in [1.29, 1.82) is 0 Å². The fourth-order valence-electron chi connectivity index (χ4n) is 2.93. The molecule has 5 atom stereocenters. The number of aliphatic hydroxyl groups is 4. The number of ether oxygens (including phenoxy) is 2. The Balaban J connectivity index is 1.79. The third kappa shape index (κ3) is 4.78. The predicted molar refractivity (Wildman–Crippen MR) is 101 cm³/mol. The molecular weight excluding hydrogens is 384 g/mol. The quantitative estimate of drug-likeness (QED) is 0.343. The van der Waals surface area contributed by atoms with Gasteiger partial charge in [0.25, 0.3) is 0 Å². The van der Waals surface area contributed by atoms with Gasteiger partial charge in [0.05, 0.1) is 6.61 Å². The monoisotopic (exact) mass is 406 g/mol. The van der Waals surface area contributed by atoms with Gasteiger partial charge < -0.3 is 45.2 Å². The first-order chi connectivity index (χ1) is 13.8. The molecule has 3 rings (SSSR count). The number of benzene rings is 2. The van der Waals surface area contributed by atoms with Crippen LogP contribution < -0.4 is 4.74 Å². The maximum atomic E-state index is 10.1. The van der Waals surface area contributed by atoms with Crippen LogP contribution in [-0.4, -0.2) is 73.1 Å². The molecule has 9 nitrogen and oxygen atoms in total. The molecule has 1 heterocycles. The van der Waals surface area contributed by atoms with E-state index in [-0.39, 0.29) is 23.0 Å². The Bertz CT molecular complexity index is 880. The molecule has 7 N–H and O–H groups in total. The lowest BCUT2D eigenvalue weighted by atomic mass is 9.99. The van der Waals surface area contributed by atoms with Crippen LogP contribution in [0.5, 0.6) is 23.0 Å². The van der Waals surface area contributed by atoms with E-state index in [4.69, 9.17) is 9.47 Å². The molecule has 0 bridgehead atoms. The Morgan fingerprint density at radius 1 is 0.862 bits per heavy atom. The van der Waals surface area contributed by atoms with Crippen molar-refractivity contribution in [3.8, 4) is 23.0 Å². The molecule has 2 aromatic rings. The Morgan fingerprint density at radius 3 is 2.31 bits per heavy atom. The molecule has 2 aromatic carbocycles. The third-order valence-electron chi connectivity index (χ3n) is 4.48. The molecule has 0 aliphatic carbocycles. The molecule has 1 saturated heterocycles. The molecule has 0 unspecified atom stereocenters. The number of phenolic OH excluding ortho intramolecular Hbond substituents is 3. The second-order valence-electron chi connectivity index (χ2n) is 6.65. The van der Waals surface area contributed by atoms with Gasteiger partial charge in [0, 0.05) is 17.7 Å². The zero-order chi connectivity index (χ0) is 21.1. The molecule has 29 heavy (non-hydrogen) atoms. The summed E-state index contributed by atoms with van der Waals surface area (Å²) >= 11 is 0. The minimum atomic E-state index is -1.58. The van der Waals surface area contributed by atoms with E-state index in [2.05, 4.69) is 0 Å². The Kier molecular flexibility index (Phi) is 6.26. The molecule has 1 fully saturated rings. The average molecular weight is 406 g/mol. The first-order valence-electron chi connectivity index (χ1n) is 8.80. The highest BCUT2D eigenvalue weighted by atomic mass is 16.7. The van der Waals surface area contributed by atoms with Crippen LogP contribution in [0, 0.1) is 0 Å². The van der Waals surface area contributed by atoms with Gasteiger partial charge in [-0.15, -0.1) is 0 Å². The van der Waals surface area contributed by atoms with Gasteiger partial charge in [0.1, 0.15) is 47.4 Å². The standard InChI is InChI=1S/C20H22O9/c21-9-16-17(25)18(26)19(27)20(29-16)28-14-6-10(5-13(23)7-14)1-2-11-3-4-12(22)8-15(11)24/h1-8,16-27H,9H2/b2-1-/t16-,17-,18+,19-,20-/m1/s1. The van der Waals surface area contributed by atoms with Gasteiger partial charge in [-0.25, -0.2) is 0 Å². The summed E-state index contributed by atoms with van der Waals surface area (Å²) in [6.45, 7) is -0.588. The number of hydrogen-bond acceptors (Lipinski definition) is 9. The number of hydrogen-bond donors (Lipinski definition) is 7. The first kappa shape index (κ1) is 20.9. The van der Waals surface area contributed by atoms with Crippen molar-refractivity contribution in [2.75, 3.05) is 6.61 Å². The smallest absolute Gasteiger partial charge is 0.229 e. The number of phenols is 3. The first-order valence-corrected chi connectivity index (χ1v) is 8.80. The van der Waals surface area contributed by atoms with Crippen molar-refractivity contribution in [2.24, 2.45) is 0 Å². The van der Waals surface area contributed by atoms with E-state index in [1.807, 2.05) is 0 Å². The van der Waals surface area contributed by atoms with Crippen LogP contribution >= 0.6 is 0 Å². The van der Waals surface area contributed by atoms with E-state index in [1.165, 1.54) is 36.4 Å². The summed E-state index contributed by atoms with van der Waals surface area (Å²) in [7, 11) is 0. The van der Waals surface area contributed by atoms with Crippen LogP contribution in [0.3, 0.4) is 0 Å². The van der Waals surface area contributed by atoms with Crippen LogP contribution in [0.25, 0.3) is 12.2 Å². The van der Waals surface area contributed by atoms with Gasteiger partial charge in [0.2, 0.25) is 6.29 Å². The normalized spacial score (nSPS) is 27.2. The molecule has 9 heteroatoms. The topological polar surface area (TPSA) is 160 Å². The summed E-state index contributed by atoms with van der Waals surface area (Å²) in [6.07, 6.45) is -4.04. The third-order valence-corrected chi connectivity index (χ3v) is 4.48. The predicted octanol–water partition coefficient (Wildman–Crippen LogP) is 0.152. The summed E-state index contributed by atoms with van der Waals surface area (Å²) in [5, 5.41) is 68.0. The van der Waals surface area contributed by atoms with E-state index in [0.29, 0.717) is 11.1 Å². The van der Waals surface area contributed by atoms with Gasteiger partial charge in [-0.3, -0.25) is 0 Å². The van der Waals surface area contributed by atoms with E-state index in [9.17, 15) is 35.7 Å². The SMILES string of the molecule is OC[C@H]1O[C@@H](Oc2cc(O)cc(/C=C\c3ccc(O)cc3O)c2)[C@H](O)[C@@H](O)[C@@H]1O. The zero-order valence-electron chi connectivity index (χ0n) is 15.2. The zero-order valence-corrected chi connectivity index (χ0v) is 15.2. The average Bonchev–Trinajstić information content (AvgIpc) is 2.67. The van der Waals surface area contributed by atoms with Crippen LogP contribution in [0.4, 0.5) is 0 Å². The van der Waals surface area contributed by atoms with Crippen molar-refractivity contribution in [2.45, 2.75) is 30.7 Å². The molecule has 156 valence electrons. The summed E-state index contributed by atoms with van der Waals surface area (Å²) in [5.74, 6) is -0.253. The van der Waals surface area contributed by atoms with Crippen molar-refractivity contribution < 1.29 is 45.2 Å². The second-order valence-corrected chi connectivity index (χ2v) is 6.65. The van der Waals surface area contributed by atoms with Crippen molar-refractivity contribution >= 4 is 12.2 Å². The van der Waals surface area contributed by atoms with Crippen LogP contribution in [-0.2, 0) is 4.74 Å². The van der Waals surface area contributed by atoms with E-state index >= 15 is 0 Å². The fourth-order valence-corrected chi connectivity index (χ4v) is 2.93. The lowest BCUT2D eigenvalue weighted by molar-refractivity contribution is -0.277. The van der Waals surface area contributed by atoms with Crippen LogP contribution in [0.2, 0.25) is 0 Å². The van der Waals surface area contributed by atoms with Crippen LogP contribution in [0.15, 0.2) is 36.4 Å². The van der Waals surface area contributed by atoms with Gasteiger partial charge in [0.15, 0.2) is 0 Å². The fraction of sp³-hybridized carbons (Fsp3) is 0.300. The molecule has 1 aliphatic rings. The molecule has 0 amide bonds. The maximum Gasteiger partial charge on any atom is 0.229 e. The summed E-state index contributed by atoms with van der Waals surface area (Å²) in [4.78, 5) is 0. The summed E-state index contributed by atoms with van der Waals surface area (Å²) in [6, 6.07) is 8.31. The highest BCUT2D eigenvalue weighted by molar-refractivity contribution is 5.73. The molecule has 0 saturated carbocycles. The largest absolute Gasteiger partial charge is 0.508 e. The highest BCUT2D eigenvalue weighted by Crippen LogP contribution is 2.29. The molecule has 0 spiro atoms. The lowest BCUT2D eigenvalue weighted by Crippen LogP contribution is -2.60. The van der Waals surface area contributed by atoms with Gasteiger partial charge in [-0.2, -0.15) is 0 Å².